The summed E-state index contributed by atoms with van der Waals surface area (Å²) in [5, 5.41) is 14.8. The van der Waals surface area contributed by atoms with Crippen molar-refractivity contribution in [2.75, 3.05) is 12.4 Å². The van der Waals surface area contributed by atoms with E-state index in [1.165, 1.54) is 35.6 Å². The fourth-order valence-corrected chi connectivity index (χ4v) is 3.65. The number of fused-ring (bicyclic) bond motifs is 3. The van der Waals surface area contributed by atoms with Gasteiger partial charge < -0.3 is 4.74 Å². The largest absolute Gasteiger partial charge is 0.494 e. The Morgan fingerprint density at radius 2 is 2.07 bits per heavy atom. The van der Waals surface area contributed by atoms with E-state index in [0.717, 1.165) is 10.1 Å². The molecular formula is C18H12N4O4S. The van der Waals surface area contributed by atoms with Gasteiger partial charge in [0.2, 0.25) is 0 Å². The molecule has 2 heterocycles. The van der Waals surface area contributed by atoms with E-state index >= 15 is 0 Å². The van der Waals surface area contributed by atoms with Gasteiger partial charge >= 0.3 is 0 Å². The minimum atomic E-state index is -0.542. The second-order valence-electron chi connectivity index (χ2n) is 5.61. The SMILES string of the molecule is COc1cc2sc(NC(=O)c3cccc([N+](=O)[O-])c3)nc2c2cccnc12. The number of thiazole rings is 1. The van der Waals surface area contributed by atoms with Crippen LogP contribution < -0.4 is 10.1 Å². The third kappa shape index (κ3) is 3.04. The summed E-state index contributed by atoms with van der Waals surface area (Å²) < 4.78 is 6.23. The van der Waals surface area contributed by atoms with Crippen LogP contribution in [0.25, 0.3) is 21.1 Å². The Hall–Kier alpha value is -3.59. The first-order valence-corrected chi connectivity index (χ1v) is 8.66. The first-order chi connectivity index (χ1) is 13.1. The van der Waals surface area contributed by atoms with E-state index in [1.54, 1.807) is 13.3 Å². The minimum Gasteiger partial charge on any atom is -0.494 e. The highest BCUT2D eigenvalue weighted by atomic mass is 32.1. The summed E-state index contributed by atoms with van der Waals surface area (Å²) in [7, 11) is 1.57. The lowest BCUT2D eigenvalue weighted by Gasteiger charge is -2.04. The van der Waals surface area contributed by atoms with Crippen LogP contribution in [-0.4, -0.2) is 27.9 Å². The lowest BCUT2D eigenvalue weighted by Crippen LogP contribution is -2.11. The molecule has 8 nitrogen and oxygen atoms in total. The quantitative estimate of drug-likeness (QED) is 0.423. The number of nitro benzene ring substituents is 1. The fourth-order valence-electron chi connectivity index (χ4n) is 2.74. The zero-order chi connectivity index (χ0) is 19.0. The maximum atomic E-state index is 12.4. The van der Waals surface area contributed by atoms with Crippen LogP contribution in [0.3, 0.4) is 0 Å². The van der Waals surface area contributed by atoms with Crippen LogP contribution in [-0.2, 0) is 0 Å². The monoisotopic (exact) mass is 380 g/mol. The van der Waals surface area contributed by atoms with Crippen molar-refractivity contribution in [3.63, 3.8) is 0 Å². The molecule has 1 N–H and O–H groups in total. The van der Waals surface area contributed by atoms with Gasteiger partial charge in [-0.25, -0.2) is 4.98 Å². The van der Waals surface area contributed by atoms with Crippen molar-refractivity contribution in [1.82, 2.24) is 9.97 Å². The number of carbonyl (C=O) groups is 1. The van der Waals surface area contributed by atoms with Crippen molar-refractivity contribution < 1.29 is 14.5 Å². The molecule has 0 aliphatic heterocycles. The Bertz CT molecular complexity index is 1200. The molecule has 134 valence electrons. The molecule has 0 aliphatic rings. The number of anilines is 1. The fraction of sp³-hybridized carbons (Fsp3) is 0.0556. The molecule has 0 saturated carbocycles. The van der Waals surface area contributed by atoms with Crippen LogP contribution in [0.2, 0.25) is 0 Å². The van der Waals surface area contributed by atoms with E-state index < -0.39 is 10.8 Å². The van der Waals surface area contributed by atoms with Gasteiger partial charge in [-0.05, 0) is 18.2 Å². The van der Waals surface area contributed by atoms with Gasteiger partial charge in [-0.2, -0.15) is 0 Å². The van der Waals surface area contributed by atoms with Crippen LogP contribution in [0.5, 0.6) is 5.75 Å². The van der Waals surface area contributed by atoms with Gasteiger partial charge in [0.25, 0.3) is 11.6 Å². The number of rotatable bonds is 4. The molecule has 2 aromatic carbocycles. The van der Waals surface area contributed by atoms with E-state index in [-0.39, 0.29) is 11.3 Å². The molecule has 0 bridgehead atoms. The number of ether oxygens (including phenoxy) is 1. The summed E-state index contributed by atoms with van der Waals surface area (Å²) in [6.45, 7) is 0. The predicted molar refractivity (Wildman–Crippen MR) is 103 cm³/mol. The summed E-state index contributed by atoms with van der Waals surface area (Å²) >= 11 is 1.29. The summed E-state index contributed by atoms with van der Waals surface area (Å²) in [5.41, 5.74) is 1.44. The van der Waals surface area contributed by atoms with Crippen LogP contribution in [0.1, 0.15) is 10.4 Å². The number of hydrogen-bond donors (Lipinski definition) is 1. The number of nitrogens with one attached hydrogen (secondary N) is 1. The Balaban J connectivity index is 1.73. The first-order valence-electron chi connectivity index (χ1n) is 7.85. The second-order valence-corrected chi connectivity index (χ2v) is 6.64. The highest BCUT2D eigenvalue weighted by molar-refractivity contribution is 7.22. The average Bonchev–Trinajstić information content (AvgIpc) is 3.09. The van der Waals surface area contributed by atoms with Crippen molar-refractivity contribution in [2.24, 2.45) is 0 Å². The molecule has 0 fully saturated rings. The minimum absolute atomic E-state index is 0.145. The third-order valence-electron chi connectivity index (χ3n) is 3.97. The number of aromatic nitrogens is 2. The molecule has 0 aliphatic carbocycles. The second kappa shape index (κ2) is 6.61. The van der Waals surface area contributed by atoms with Gasteiger partial charge in [0.05, 0.1) is 22.2 Å². The zero-order valence-electron chi connectivity index (χ0n) is 14.0. The molecule has 0 unspecified atom stereocenters. The highest BCUT2D eigenvalue weighted by Crippen LogP contribution is 2.36. The van der Waals surface area contributed by atoms with Crippen LogP contribution in [0.15, 0.2) is 48.7 Å². The molecule has 0 spiro atoms. The topological polar surface area (TPSA) is 107 Å². The van der Waals surface area contributed by atoms with E-state index in [4.69, 9.17) is 4.74 Å². The van der Waals surface area contributed by atoms with Crippen molar-refractivity contribution in [3.05, 3.63) is 64.3 Å². The third-order valence-corrected chi connectivity index (χ3v) is 4.89. The number of methoxy groups -OCH3 is 1. The smallest absolute Gasteiger partial charge is 0.270 e. The van der Waals surface area contributed by atoms with Crippen LogP contribution >= 0.6 is 11.3 Å². The lowest BCUT2D eigenvalue weighted by molar-refractivity contribution is -0.384. The van der Waals surface area contributed by atoms with Crippen LogP contribution in [0.4, 0.5) is 10.8 Å². The van der Waals surface area contributed by atoms with Crippen molar-refractivity contribution in [1.29, 1.82) is 0 Å². The maximum Gasteiger partial charge on any atom is 0.270 e. The van der Waals surface area contributed by atoms with E-state index in [2.05, 4.69) is 15.3 Å². The van der Waals surface area contributed by atoms with Crippen molar-refractivity contribution in [2.45, 2.75) is 0 Å². The molecule has 0 atom stereocenters. The van der Waals surface area contributed by atoms with Gasteiger partial charge in [-0.15, -0.1) is 0 Å². The lowest BCUT2D eigenvalue weighted by atomic mass is 10.2. The number of hydrogen-bond acceptors (Lipinski definition) is 7. The Labute approximate surface area is 156 Å². The van der Waals surface area contributed by atoms with Gasteiger partial charge in [0, 0.05) is 35.3 Å². The Kier molecular flexibility index (Phi) is 4.13. The predicted octanol–water partition coefficient (Wildman–Crippen LogP) is 4.01. The molecule has 4 rings (SSSR count). The normalized spacial score (nSPS) is 10.9. The number of nitrogens with zero attached hydrogens (tertiary/aromatic N) is 3. The number of carbonyl (C=O) groups excluding carboxylic acids is 1. The number of benzene rings is 2. The first kappa shape index (κ1) is 16.9. The summed E-state index contributed by atoms with van der Waals surface area (Å²) in [4.78, 5) is 31.6. The molecule has 0 radical (unpaired) electrons. The Morgan fingerprint density at radius 3 is 2.85 bits per heavy atom. The Morgan fingerprint density at radius 1 is 1.22 bits per heavy atom. The number of nitro groups is 1. The standard InChI is InChI=1S/C18H12N4O4S/c1-26-13-9-14-16(12-6-3-7-19-15(12)13)20-18(27-14)21-17(23)10-4-2-5-11(8-10)22(24)25/h2-9H,1H3,(H,20,21,23). The number of non-ortho nitro benzene ring substituents is 1. The van der Waals surface area contributed by atoms with Crippen molar-refractivity contribution in [3.8, 4) is 5.75 Å². The van der Waals surface area contributed by atoms with E-state index in [1.807, 2.05) is 18.2 Å². The van der Waals surface area contributed by atoms with Gasteiger partial charge in [0.1, 0.15) is 11.3 Å². The van der Waals surface area contributed by atoms with Gasteiger partial charge in [-0.1, -0.05) is 17.4 Å². The van der Waals surface area contributed by atoms with Gasteiger partial charge in [-0.3, -0.25) is 25.2 Å². The maximum absolute atomic E-state index is 12.4. The van der Waals surface area contributed by atoms with Gasteiger partial charge in [0.15, 0.2) is 5.13 Å². The molecule has 4 aromatic rings. The number of pyridine rings is 1. The molecule has 9 heteroatoms. The highest BCUT2D eigenvalue weighted by Gasteiger charge is 2.16. The molecule has 2 aromatic heterocycles. The summed E-state index contributed by atoms with van der Waals surface area (Å²) in [6, 6.07) is 11.1. The molecular weight excluding hydrogens is 368 g/mol. The molecule has 1 amide bonds. The zero-order valence-corrected chi connectivity index (χ0v) is 14.8. The van der Waals surface area contributed by atoms with Crippen LogP contribution in [0, 0.1) is 10.1 Å². The molecule has 0 saturated heterocycles. The number of amides is 1. The summed E-state index contributed by atoms with van der Waals surface area (Å²) in [5.74, 6) is 0.158. The molecule has 27 heavy (non-hydrogen) atoms. The van der Waals surface area contributed by atoms with Crippen molar-refractivity contribution >= 4 is 49.2 Å². The average molecular weight is 380 g/mol. The van der Waals surface area contributed by atoms with E-state index in [0.29, 0.717) is 21.9 Å². The van der Waals surface area contributed by atoms with E-state index in [9.17, 15) is 14.9 Å². The summed E-state index contributed by atoms with van der Waals surface area (Å²) in [6.07, 6.45) is 1.67.